The van der Waals surface area contributed by atoms with Gasteiger partial charge in [-0.2, -0.15) is 0 Å². The number of halogens is 2. The summed E-state index contributed by atoms with van der Waals surface area (Å²) in [6, 6.07) is 0. The van der Waals surface area contributed by atoms with Gasteiger partial charge in [-0.25, -0.2) is 8.78 Å². The molecule has 1 rings (SSSR count). The summed E-state index contributed by atoms with van der Waals surface area (Å²) in [6.45, 7) is 2.15. The van der Waals surface area contributed by atoms with Crippen molar-refractivity contribution in [2.75, 3.05) is 6.61 Å². The zero-order valence-corrected chi connectivity index (χ0v) is 6.72. The molecule has 0 aromatic heterocycles. The molecule has 11 heavy (non-hydrogen) atoms. The normalized spacial score (nSPS) is 39.0. The highest BCUT2D eigenvalue weighted by atomic mass is 19.1. The summed E-state index contributed by atoms with van der Waals surface area (Å²) in [5.74, 6) is 0. The highest BCUT2D eigenvalue weighted by Crippen LogP contribution is 2.26. The van der Waals surface area contributed by atoms with E-state index in [2.05, 4.69) is 0 Å². The molecule has 0 amide bonds. The van der Waals surface area contributed by atoms with Gasteiger partial charge in [-0.1, -0.05) is 0 Å². The molecule has 0 spiro atoms. The fourth-order valence-corrected chi connectivity index (χ4v) is 1.46. The summed E-state index contributed by atoms with van der Waals surface area (Å²) in [5.41, 5.74) is 0. The molecule has 0 radical (unpaired) electrons. The fourth-order valence-electron chi connectivity index (χ4n) is 1.46. The molecule has 0 N–H and O–H groups in total. The van der Waals surface area contributed by atoms with Crippen LogP contribution in [0.5, 0.6) is 0 Å². The van der Waals surface area contributed by atoms with Crippen LogP contribution in [-0.4, -0.2) is 25.1 Å². The van der Waals surface area contributed by atoms with Gasteiger partial charge in [0.05, 0.1) is 0 Å². The van der Waals surface area contributed by atoms with Crippen LogP contribution in [0.15, 0.2) is 0 Å². The van der Waals surface area contributed by atoms with Crippen LogP contribution in [0.3, 0.4) is 0 Å². The highest BCUT2D eigenvalue weighted by molar-refractivity contribution is 4.82. The molecule has 0 aromatic carbocycles. The number of hydrogen-bond donors (Lipinski definition) is 0. The third kappa shape index (κ3) is 2.12. The van der Waals surface area contributed by atoms with E-state index in [1.54, 1.807) is 6.92 Å². The topological polar surface area (TPSA) is 9.23 Å². The number of rotatable bonds is 2. The lowest BCUT2D eigenvalue weighted by atomic mass is 9.94. The van der Waals surface area contributed by atoms with Crippen molar-refractivity contribution in [2.45, 2.75) is 44.6 Å². The molecule has 3 heteroatoms. The van der Waals surface area contributed by atoms with Crippen molar-refractivity contribution in [3.8, 4) is 0 Å². The minimum absolute atomic E-state index is 0.394. The Morgan fingerprint density at radius 3 is 2.27 bits per heavy atom. The summed E-state index contributed by atoms with van der Waals surface area (Å²) in [5, 5.41) is 0. The number of alkyl halides is 2. The Morgan fingerprint density at radius 2 is 1.82 bits per heavy atom. The van der Waals surface area contributed by atoms with Gasteiger partial charge >= 0.3 is 0 Å². The molecule has 1 fully saturated rings. The first kappa shape index (κ1) is 8.91. The highest BCUT2D eigenvalue weighted by Gasteiger charge is 2.33. The van der Waals surface area contributed by atoms with Crippen molar-refractivity contribution in [2.24, 2.45) is 0 Å². The maximum atomic E-state index is 12.9. The van der Waals surface area contributed by atoms with Crippen molar-refractivity contribution in [1.29, 1.82) is 0 Å². The summed E-state index contributed by atoms with van der Waals surface area (Å²) in [4.78, 5) is 0. The van der Waals surface area contributed by atoms with Crippen molar-refractivity contribution < 1.29 is 13.5 Å². The van der Waals surface area contributed by atoms with Crippen LogP contribution in [-0.2, 0) is 4.74 Å². The second-order valence-corrected chi connectivity index (χ2v) is 2.88. The molecular weight excluding hydrogens is 150 g/mol. The Morgan fingerprint density at radius 1 is 1.27 bits per heavy atom. The molecule has 0 heterocycles. The zero-order valence-electron chi connectivity index (χ0n) is 6.72. The van der Waals surface area contributed by atoms with E-state index < -0.39 is 18.4 Å². The SMILES string of the molecule is CCOC1C(F)CCCC1F. The maximum Gasteiger partial charge on any atom is 0.129 e. The number of ether oxygens (including phenoxy) is 1. The lowest BCUT2D eigenvalue weighted by molar-refractivity contribution is -0.0646. The Hall–Kier alpha value is -0.180. The average Bonchev–Trinajstić information content (AvgIpc) is 1.97. The summed E-state index contributed by atoms with van der Waals surface area (Å²) >= 11 is 0. The Labute approximate surface area is 65.7 Å². The molecule has 0 saturated heterocycles. The van der Waals surface area contributed by atoms with Gasteiger partial charge in [-0.15, -0.1) is 0 Å². The molecule has 1 aliphatic carbocycles. The van der Waals surface area contributed by atoms with Gasteiger partial charge in [0, 0.05) is 6.61 Å². The third-order valence-corrected chi connectivity index (χ3v) is 2.03. The maximum absolute atomic E-state index is 12.9. The molecule has 0 bridgehead atoms. The molecule has 1 aliphatic rings. The van der Waals surface area contributed by atoms with Crippen LogP contribution >= 0.6 is 0 Å². The lowest BCUT2D eigenvalue weighted by Gasteiger charge is -2.28. The summed E-state index contributed by atoms with van der Waals surface area (Å²) in [7, 11) is 0. The van der Waals surface area contributed by atoms with Crippen molar-refractivity contribution in [3.05, 3.63) is 0 Å². The van der Waals surface area contributed by atoms with Gasteiger partial charge in [-0.3, -0.25) is 0 Å². The molecule has 2 unspecified atom stereocenters. The van der Waals surface area contributed by atoms with E-state index in [9.17, 15) is 8.78 Å². The van der Waals surface area contributed by atoms with E-state index in [4.69, 9.17) is 4.74 Å². The van der Waals surface area contributed by atoms with E-state index in [0.29, 0.717) is 25.9 Å². The van der Waals surface area contributed by atoms with Crippen molar-refractivity contribution in [1.82, 2.24) is 0 Å². The first-order valence-corrected chi connectivity index (χ1v) is 4.15. The quantitative estimate of drug-likeness (QED) is 0.608. The molecule has 1 saturated carbocycles. The van der Waals surface area contributed by atoms with Crippen molar-refractivity contribution >= 4 is 0 Å². The van der Waals surface area contributed by atoms with Crippen LogP contribution in [0.4, 0.5) is 8.78 Å². The summed E-state index contributed by atoms with van der Waals surface area (Å²) in [6.07, 6.45) is -1.45. The Kier molecular flexibility index (Phi) is 3.24. The van der Waals surface area contributed by atoms with E-state index in [1.165, 1.54) is 0 Å². The van der Waals surface area contributed by atoms with Crippen molar-refractivity contribution in [3.63, 3.8) is 0 Å². The van der Waals surface area contributed by atoms with Crippen LogP contribution in [0.25, 0.3) is 0 Å². The Balaban J connectivity index is 2.41. The second kappa shape index (κ2) is 4.00. The molecule has 2 atom stereocenters. The van der Waals surface area contributed by atoms with Crippen LogP contribution in [0, 0.1) is 0 Å². The molecule has 0 aliphatic heterocycles. The number of hydrogen-bond acceptors (Lipinski definition) is 1. The van der Waals surface area contributed by atoms with Crippen LogP contribution in [0.2, 0.25) is 0 Å². The predicted molar refractivity (Wildman–Crippen MR) is 39.1 cm³/mol. The molecular formula is C8H14F2O. The molecule has 0 aromatic rings. The standard InChI is InChI=1S/C8H14F2O/c1-2-11-8-6(9)4-3-5-7(8)10/h6-8H,2-5H2,1H3. The molecule has 66 valence electrons. The van der Waals surface area contributed by atoms with E-state index in [0.717, 1.165) is 0 Å². The second-order valence-electron chi connectivity index (χ2n) is 2.88. The third-order valence-electron chi connectivity index (χ3n) is 2.03. The zero-order chi connectivity index (χ0) is 8.27. The van der Waals surface area contributed by atoms with Crippen LogP contribution in [0.1, 0.15) is 26.2 Å². The average molecular weight is 164 g/mol. The van der Waals surface area contributed by atoms with Gasteiger partial charge in [0.25, 0.3) is 0 Å². The fraction of sp³-hybridized carbons (Fsp3) is 1.00. The van der Waals surface area contributed by atoms with Gasteiger partial charge in [0.15, 0.2) is 0 Å². The lowest BCUT2D eigenvalue weighted by Crippen LogP contribution is -2.38. The van der Waals surface area contributed by atoms with Gasteiger partial charge < -0.3 is 4.74 Å². The minimum Gasteiger partial charge on any atom is -0.372 e. The van der Waals surface area contributed by atoms with Gasteiger partial charge in [0.1, 0.15) is 18.4 Å². The smallest absolute Gasteiger partial charge is 0.129 e. The van der Waals surface area contributed by atoms with Crippen LogP contribution < -0.4 is 0 Å². The summed E-state index contributed by atoms with van der Waals surface area (Å²) < 4.78 is 30.8. The van der Waals surface area contributed by atoms with Gasteiger partial charge in [0.2, 0.25) is 0 Å². The first-order valence-electron chi connectivity index (χ1n) is 4.15. The van der Waals surface area contributed by atoms with Gasteiger partial charge in [-0.05, 0) is 26.2 Å². The van der Waals surface area contributed by atoms with E-state index in [-0.39, 0.29) is 0 Å². The first-order chi connectivity index (χ1) is 5.25. The predicted octanol–water partition coefficient (Wildman–Crippen LogP) is 2.25. The Bertz CT molecular complexity index is 109. The largest absolute Gasteiger partial charge is 0.372 e. The monoisotopic (exact) mass is 164 g/mol. The van der Waals surface area contributed by atoms with E-state index in [1.807, 2.05) is 0 Å². The molecule has 1 nitrogen and oxygen atoms in total. The minimum atomic E-state index is -1.10. The van der Waals surface area contributed by atoms with E-state index >= 15 is 0 Å².